The molecule has 1 heterocycles. The summed E-state index contributed by atoms with van der Waals surface area (Å²) in [5.74, 6) is 1.17. The fraction of sp³-hybridized carbons (Fsp3) is 0.909. The lowest BCUT2D eigenvalue weighted by molar-refractivity contribution is -0.133. The number of carbonyl (C=O) groups excluding carboxylic acids is 1. The molecule has 1 aliphatic rings. The zero-order chi connectivity index (χ0) is 10.0. The Bertz CT molecular complexity index is 189. The van der Waals surface area contributed by atoms with Crippen molar-refractivity contribution in [3.63, 3.8) is 0 Å². The van der Waals surface area contributed by atoms with Crippen LogP contribution in [0.15, 0.2) is 0 Å². The van der Waals surface area contributed by atoms with Crippen molar-refractivity contribution >= 4 is 5.78 Å². The molecule has 0 saturated carbocycles. The molecule has 1 fully saturated rings. The van der Waals surface area contributed by atoms with Gasteiger partial charge in [0.1, 0.15) is 0 Å². The fourth-order valence-electron chi connectivity index (χ4n) is 2.22. The van der Waals surface area contributed by atoms with E-state index < -0.39 is 0 Å². The highest BCUT2D eigenvalue weighted by Crippen LogP contribution is 2.23. The van der Waals surface area contributed by atoms with Gasteiger partial charge in [-0.25, -0.2) is 0 Å². The SMILES string of the molecule is CCN1CCC(C)C(=O)[C@H]1C(C)C. The molecule has 1 aliphatic heterocycles. The first kappa shape index (κ1) is 10.7. The average Bonchev–Trinajstić information content (AvgIpc) is 2.08. The van der Waals surface area contributed by atoms with Crippen molar-refractivity contribution in [3.05, 3.63) is 0 Å². The van der Waals surface area contributed by atoms with Crippen LogP contribution >= 0.6 is 0 Å². The first-order valence-electron chi connectivity index (χ1n) is 5.35. The molecule has 1 rings (SSSR count). The second-order valence-electron chi connectivity index (χ2n) is 4.41. The summed E-state index contributed by atoms with van der Waals surface area (Å²) in [5, 5.41) is 0. The van der Waals surface area contributed by atoms with Gasteiger partial charge in [-0.3, -0.25) is 9.69 Å². The molecule has 2 atom stereocenters. The van der Waals surface area contributed by atoms with Gasteiger partial charge in [-0.05, 0) is 25.4 Å². The number of piperidine rings is 1. The summed E-state index contributed by atoms with van der Waals surface area (Å²) in [7, 11) is 0. The molecular weight excluding hydrogens is 162 g/mol. The second-order valence-corrected chi connectivity index (χ2v) is 4.41. The summed E-state index contributed by atoms with van der Waals surface area (Å²) in [5.41, 5.74) is 0. The molecule has 0 bridgehead atoms. The van der Waals surface area contributed by atoms with Crippen LogP contribution < -0.4 is 0 Å². The fourth-order valence-corrected chi connectivity index (χ4v) is 2.22. The molecule has 0 N–H and O–H groups in total. The van der Waals surface area contributed by atoms with E-state index in [1.54, 1.807) is 0 Å². The third kappa shape index (κ3) is 2.11. The highest BCUT2D eigenvalue weighted by atomic mass is 16.1. The highest BCUT2D eigenvalue weighted by Gasteiger charge is 2.34. The summed E-state index contributed by atoms with van der Waals surface area (Å²) >= 11 is 0. The third-order valence-corrected chi connectivity index (χ3v) is 3.06. The average molecular weight is 183 g/mol. The minimum absolute atomic E-state index is 0.175. The first-order chi connectivity index (χ1) is 6.07. The zero-order valence-electron chi connectivity index (χ0n) is 9.21. The number of carbonyl (C=O) groups is 1. The van der Waals surface area contributed by atoms with Crippen LogP contribution in [0.2, 0.25) is 0 Å². The summed E-state index contributed by atoms with van der Waals surface area (Å²) < 4.78 is 0. The van der Waals surface area contributed by atoms with Crippen LogP contribution in [0.4, 0.5) is 0 Å². The van der Waals surface area contributed by atoms with Crippen molar-refractivity contribution in [2.24, 2.45) is 11.8 Å². The predicted octanol–water partition coefficient (Wildman–Crippen LogP) is 1.94. The van der Waals surface area contributed by atoms with Crippen LogP contribution in [0.25, 0.3) is 0 Å². The van der Waals surface area contributed by atoms with Gasteiger partial charge in [0, 0.05) is 5.92 Å². The Morgan fingerprint density at radius 2 is 2.15 bits per heavy atom. The van der Waals surface area contributed by atoms with Crippen LogP contribution in [0.5, 0.6) is 0 Å². The van der Waals surface area contributed by atoms with Gasteiger partial charge in [0.25, 0.3) is 0 Å². The predicted molar refractivity (Wildman–Crippen MR) is 54.7 cm³/mol. The van der Waals surface area contributed by atoms with E-state index in [1.807, 2.05) is 0 Å². The maximum atomic E-state index is 11.9. The number of nitrogens with zero attached hydrogens (tertiary/aromatic N) is 1. The van der Waals surface area contributed by atoms with E-state index >= 15 is 0 Å². The normalized spacial score (nSPS) is 31.3. The Balaban J connectivity index is 2.75. The summed E-state index contributed by atoms with van der Waals surface area (Å²) in [6.45, 7) is 10.6. The number of likely N-dealkylation sites (tertiary alicyclic amines) is 1. The lowest BCUT2D eigenvalue weighted by Crippen LogP contribution is -2.51. The third-order valence-electron chi connectivity index (χ3n) is 3.06. The molecule has 0 amide bonds. The van der Waals surface area contributed by atoms with Gasteiger partial charge >= 0.3 is 0 Å². The monoisotopic (exact) mass is 183 g/mol. The van der Waals surface area contributed by atoms with Gasteiger partial charge < -0.3 is 0 Å². The molecule has 0 aromatic carbocycles. The largest absolute Gasteiger partial charge is 0.298 e. The maximum Gasteiger partial charge on any atom is 0.153 e. The number of likely N-dealkylation sites (N-methyl/N-ethyl adjacent to an activating group) is 1. The van der Waals surface area contributed by atoms with Crippen LogP contribution in [0, 0.1) is 11.8 Å². The van der Waals surface area contributed by atoms with Crippen molar-refractivity contribution in [1.82, 2.24) is 4.90 Å². The molecule has 0 aliphatic carbocycles. The summed E-state index contributed by atoms with van der Waals surface area (Å²) in [6.07, 6.45) is 1.04. The molecular formula is C11H21NO. The van der Waals surface area contributed by atoms with Gasteiger partial charge in [0.05, 0.1) is 6.04 Å². The Kier molecular flexibility index (Phi) is 3.48. The summed E-state index contributed by atoms with van der Waals surface area (Å²) in [4.78, 5) is 14.2. The van der Waals surface area contributed by atoms with Gasteiger partial charge in [0.15, 0.2) is 5.78 Å². The molecule has 76 valence electrons. The van der Waals surface area contributed by atoms with Crippen LogP contribution in [0.1, 0.15) is 34.1 Å². The summed E-state index contributed by atoms with van der Waals surface area (Å²) in [6, 6.07) is 0.175. The second kappa shape index (κ2) is 4.23. The standard InChI is InChI=1S/C11H21NO/c1-5-12-7-6-9(4)11(13)10(12)8(2)3/h8-10H,5-7H2,1-4H3/t9?,10-/m1/s1. The molecule has 0 aromatic rings. The van der Waals surface area contributed by atoms with Gasteiger partial charge in [0.2, 0.25) is 0 Å². The number of rotatable bonds is 2. The van der Waals surface area contributed by atoms with Crippen molar-refractivity contribution in [2.45, 2.75) is 40.2 Å². The molecule has 1 saturated heterocycles. The molecule has 0 radical (unpaired) electrons. The van der Waals surface area contributed by atoms with E-state index in [0.717, 1.165) is 19.5 Å². The molecule has 2 nitrogen and oxygen atoms in total. The quantitative estimate of drug-likeness (QED) is 0.652. The van der Waals surface area contributed by atoms with Crippen molar-refractivity contribution in [2.75, 3.05) is 13.1 Å². The lowest BCUT2D eigenvalue weighted by Gasteiger charge is -2.38. The smallest absolute Gasteiger partial charge is 0.153 e. The van der Waals surface area contributed by atoms with E-state index in [4.69, 9.17) is 0 Å². The van der Waals surface area contributed by atoms with Gasteiger partial charge in [-0.2, -0.15) is 0 Å². The van der Waals surface area contributed by atoms with Crippen molar-refractivity contribution in [1.29, 1.82) is 0 Å². The Morgan fingerprint density at radius 3 is 2.62 bits per heavy atom. The van der Waals surface area contributed by atoms with E-state index in [0.29, 0.717) is 11.7 Å². The highest BCUT2D eigenvalue weighted by molar-refractivity contribution is 5.86. The Hall–Kier alpha value is -0.370. The molecule has 1 unspecified atom stereocenters. The van der Waals surface area contributed by atoms with Gasteiger partial charge in [-0.1, -0.05) is 27.7 Å². The molecule has 0 spiro atoms. The maximum absolute atomic E-state index is 11.9. The Morgan fingerprint density at radius 1 is 1.54 bits per heavy atom. The molecule has 13 heavy (non-hydrogen) atoms. The van der Waals surface area contributed by atoms with E-state index in [1.165, 1.54) is 0 Å². The molecule has 0 aromatic heterocycles. The van der Waals surface area contributed by atoms with E-state index in [9.17, 15) is 4.79 Å². The number of ketones is 1. The topological polar surface area (TPSA) is 20.3 Å². The first-order valence-corrected chi connectivity index (χ1v) is 5.35. The van der Waals surface area contributed by atoms with Crippen molar-refractivity contribution in [3.8, 4) is 0 Å². The number of hydrogen-bond acceptors (Lipinski definition) is 2. The molecule has 2 heteroatoms. The zero-order valence-corrected chi connectivity index (χ0v) is 9.21. The van der Waals surface area contributed by atoms with Crippen LogP contribution in [-0.2, 0) is 4.79 Å². The van der Waals surface area contributed by atoms with Crippen LogP contribution in [0.3, 0.4) is 0 Å². The number of Topliss-reactive ketones (excluding diaryl/α,β-unsaturated/α-hetero) is 1. The minimum Gasteiger partial charge on any atom is -0.298 e. The van der Waals surface area contributed by atoms with Crippen LogP contribution in [-0.4, -0.2) is 29.8 Å². The Labute approximate surface area is 81.3 Å². The minimum atomic E-state index is 0.175. The van der Waals surface area contributed by atoms with Crippen molar-refractivity contribution < 1.29 is 4.79 Å². The lowest BCUT2D eigenvalue weighted by atomic mass is 9.85. The number of hydrogen-bond donors (Lipinski definition) is 0. The van der Waals surface area contributed by atoms with E-state index in [-0.39, 0.29) is 12.0 Å². The van der Waals surface area contributed by atoms with Gasteiger partial charge in [-0.15, -0.1) is 0 Å². The van der Waals surface area contributed by atoms with E-state index in [2.05, 4.69) is 32.6 Å².